The normalized spacial score (nSPS) is 20.8. The fraction of sp³-hybridized carbons (Fsp3) is 0.625. The van der Waals surface area contributed by atoms with E-state index in [1.54, 1.807) is 7.05 Å². The number of carbonyl (C=O) groups is 1. The number of amides is 1. The van der Waals surface area contributed by atoms with Gasteiger partial charge in [-0.05, 0) is 0 Å². The highest BCUT2D eigenvalue weighted by Crippen LogP contribution is 2.22. The quantitative estimate of drug-likeness (QED) is 0.697. The average Bonchev–Trinajstić information content (AvgIpc) is 2.75. The number of hydrogen-bond acceptors (Lipinski definition) is 7. The number of aromatic nitrogens is 2. The molecule has 0 aliphatic carbocycles. The van der Waals surface area contributed by atoms with E-state index in [4.69, 9.17) is 10.5 Å². The van der Waals surface area contributed by atoms with Crippen LogP contribution in [0.15, 0.2) is 0 Å². The molecule has 1 aliphatic rings. The zero-order valence-corrected chi connectivity index (χ0v) is 9.66. The Bertz CT molecular complexity index is 382. The first-order valence-electron chi connectivity index (χ1n) is 4.87. The second-order valence-electron chi connectivity index (χ2n) is 3.33. The van der Waals surface area contributed by atoms with Crippen LogP contribution in [0.25, 0.3) is 0 Å². The van der Waals surface area contributed by atoms with E-state index in [0.717, 1.165) is 0 Å². The number of nitrogen functional groups attached to an aromatic ring is 1. The lowest BCUT2D eigenvalue weighted by molar-refractivity contribution is -0.124. The van der Waals surface area contributed by atoms with Gasteiger partial charge in [-0.2, -0.15) is 9.36 Å². The average molecular weight is 243 g/mol. The second kappa shape index (κ2) is 4.62. The molecule has 1 fully saturated rings. The largest absolute Gasteiger partial charge is 0.377 e. The Kier molecular flexibility index (Phi) is 3.20. The minimum atomic E-state index is -0.355. The molecule has 1 aromatic heterocycles. The van der Waals surface area contributed by atoms with Crippen LogP contribution >= 0.6 is 11.5 Å². The molecule has 2 heterocycles. The van der Waals surface area contributed by atoms with Crippen molar-refractivity contribution >= 4 is 28.5 Å². The lowest BCUT2D eigenvalue weighted by Gasteiger charge is -2.33. The van der Waals surface area contributed by atoms with E-state index in [1.165, 1.54) is 11.5 Å². The van der Waals surface area contributed by atoms with E-state index in [0.29, 0.717) is 24.9 Å². The van der Waals surface area contributed by atoms with Gasteiger partial charge in [-0.3, -0.25) is 4.79 Å². The number of likely N-dealkylation sites (N-methyl/N-ethyl adjacent to an activating group) is 1. The van der Waals surface area contributed by atoms with E-state index >= 15 is 0 Å². The highest BCUT2D eigenvalue weighted by Gasteiger charge is 2.30. The van der Waals surface area contributed by atoms with Gasteiger partial charge >= 0.3 is 0 Å². The number of nitrogens with one attached hydrogen (secondary N) is 1. The molecule has 0 spiro atoms. The molecule has 0 aromatic carbocycles. The number of anilines is 2. The maximum absolute atomic E-state index is 11.6. The van der Waals surface area contributed by atoms with Crippen molar-refractivity contribution in [2.24, 2.45) is 0 Å². The van der Waals surface area contributed by atoms with Crippen molar-refractivity contribution in [2.45, 2.75) is 6.04 Å². The van der Waals surface area contributed by atoms with E-state index < -0.39 is 0 Å². The molecule has 88 valence electrons. The van der Waals surface area contributed by atoms with Gasteiger partial charge in [0.25, 0.3) is 0 Å². The number of carbonyl (C=O) groups excluding carboxylic acids is 1. The smallest absolute Gasteiger partial charge is 0.244 e. The summed E-state index contributed by atoms with van der Waals surface area (Å²) in [5.74, 6) is 0.149. The maximum Gasteiger partial charge on any atom is 0.244 e. The molecule has 0 bridgehead atoms. The first kappa shape index (κ1) is 11.1. The van der Waals surface area contributed by atoms with Crippen LogP contribution in [-0.2, 0) is 9.53 Å². The van der Waals surface area contributed by atoms with E-state index in [9.17, 15) is 4.79 Å². The molecule has 2 rings (SSSR count). The van der Waals surface area contributed by atoms with Gasteiger partial charge in [0.05, 0.1) is 13.2 Å². The van der Waals surface area contributed by atoms with Crippen LogP contribution in [0.2, 0.25) is 0 Å². The highest BCUT2D eigenvalue weighted by atomic mass is 32.1. The molecule has 1 aromatic rings. The predicted octanol–water partition coefficient (Wildman–Crippen LogP) is -0.929. The van der Waals surface area contributed by atoms with Gasteiger partial charge in [-0.25, -0.2) is 0 Å². The molecular formula is C8H13N5O2S. The monoisotopic (exact) mass is 243 g/mol. The Hall–Kier alpha value is -1.41. The molecule has 7 nitrogen and oxygen atoms in total. The van der Waals surface area contributed by atoms with Crippen molar-refractivity contribution < 1.29 is 9.53 Å². The van der Waals surface area contributed by atoms with Gasteiger partial charge < -0.3 is 20.7 Å². The van der Waals surface area contributed by atoms with Crippen molar-refractivity contribution in [3.63, 3.8) is 0 Å². The first-order valence-corrected chi connectivity index (χ1v) is 5.65. The fourth-order valence-electron chi connectivity index (χ4n) is 1.56. The van der Waals surface area contributed by atoms with Gasteiger partial charge in [-0.1, -0.05) is 0 Å². The van der Waals surface area contributed by atoms with Crippen molar-refractivity contribution in [1.82, 2.24) is 14.7 Å². The number of nitrogens with two attached hydrogens (primary N) is 1. The third-order valence-corrected chi connectivity index (χ3v) is 3.12. The number of ether oxygens (including phenoxy) is 1. The maximum atomic E-state index is 11.6. The summed E-state index contributed by atoms with van der Waals surface area (Å²) in [6.45, 7) is 1.55. The standard InChI is InChI=1S/C8H13N5O2S/c1-10-6(14)5-4-15-3-2-13(5)8-11-7(9)12-16-8/h5H,2-4H2,1H3,(H2,9,12)(H,10,14). The Morgan fingerprint density at radius 2 is 2.56 bits per heavy atom. The van der Waals surface area contributed by atoms with Crippen LogP contribution in [-0.4, -0.2) is 48.1 Å². The van der Waals surface area contributed by atoms with E-state index in [2.05, 4.69) is 14.7 Å². The summed E-state index contributed by atoms with van der Waals surface area (Å²) in [6.07, 6.45) is 0. The zero-order valence-electron chi connectivity index (χ0n) is 8.84. The topological polar surface area (TPSA) is 93.4 Å². The molecule has 0 saturated carbocycles. The highest BCUT2D eigenvalue weighted by molar-refractivity contribution is 7.09. The summed E-state index contributed by atoms with van der Waals surface area (Å²) in [4.78, 5) is 17.6. The van der Waals surface area contributed by atoms with Crippen LogP contribution in [0.3, 0.4) is 0 Å². The summed E-state index contributed by atoms with van der Waals surface area (Å²) in [6, 6.07) is -0.355. The van der Waals surface area contributed by atoms with Gasteiger partial charge in [0, 0.05) is 25.1 Å². The van der Waals surface area contributed by atoms with E-state index in [-0.39, 0.29) is 17.9 Å². The number of rotatable bonds is 2. The molecule has 16 heavy (non-hydrogen) atoms. The molecule has 0 radical (unpaired) electrons. The molecule has 1 amide bonds. The first-order chi connectivity index (χ1) is 7.72. The minimum absolute atomic E-state index is 0.0894. The summed E-state index contributed by atoms with van der Waals surface area (Å²) in [5.41, 5.74) is 5.47. The molecule has 1 aliphatic heterocycles. The summed E-state index contributed by atoms with van der Waals surface area (Å²) < 4.78 is 9.19. The molecule has 1 unspecified atom stereocenters. The third-order valence-electron chi connectivity index (χ3n) is 2.35. The molecular weight excluding hydrogens is 230 g/mol. The Morgan fingerprint density at radius 3 is 3.19 bits per heavy atom. The Labute approximate surface area is 96.8 Å². The van der Waals surface area contributed by atoms with Crippen molar-refractivity contribution in [1.29, 1.82) is 0 Å². The lowest BCUT2D eigenvalue weighted by Crippen LogP contribution is -2.53. The van der Waals surface area contributed by atoms with Crippen LogP contribution in [0.5, 0.6) is 0 Å². The van der Waals surface area contributed by atoms with Gasteiger partial charge in [0.1, 0.15) is 6.04 Å². The van der Waals surface area contributed by atoms with Gasteiger partial charge in [0.15, 0.2) is 0 Å². The number of nitrogens with zero attached hydrogens (tertiary/aromatic N) is 3. The van der Waals surface area contributed by atoms with Crippen LogP contribution in [0, 0.1) is 0 Å². The summed E-state index contributed by atoms with van der Waals surface area (Å²) >= 11 is 1.19. The molecule has 3 N–H and O–H groups in total. The van der Waals surface area contributed by atoms with Crippen LogP contribution in [0.1, 0.15) is 0 Å². The van der Waals surface area contributed by atoms with Gasteiger partial charge in [0.2, 0.25) is 17.0 Å². The summed E-state index contributed by atoms with van der Waals surface area (Å²) in [5, 5.41) is 3.27. The van der Waals surface area contributed by atoms with E-state index in [1.807, 2.05) is 4.90 Å². The SMILES string of the molecule is CNC(=O)C1COCCN1c1nc(N)ns1. The lowest BCUT2D eigenvalue weighted by atomic mass is 10.2. The Morgan fingerprint density at radius 1 is 1.75 bits per heavy atom. The fourth-order valence-corrected chi connectivity index (χ4v) is 2.23. The molecule has 1 atom stereocenters. The van der Waals surface area contributed by atoms with Crippen molar-refractivity contribution in [3.8, 4) is 0 Å². The molecule has 8 heteroatoms. The third kappa shape index (κ3) is 2.07. The van der Waals surface area contributed by atoms with Gasteiger partial charge in [-0.15, -0.1) is 0 Å². The van der Waals surface area contributed by atoms with Crippen molar-refractivity contribution in [2.75, 3.05) is 37.4 Å². The summed E-state index contributed by atoms with van der Waals surface area (Å²) in [7, 11) is 1.60. The second-order valence-corrected chi connectivity index (χ2v) is 4.06. The zero-order chi connectivity index (χ0) is 11.5. The Balaban J connectivity index is 2.19. The van der Waals surface area contributed by atoms with Crippen LogP contribution in [0.4, 0.5) is 11.1 Å². The number of morpholine rings is 1. The molecule has 1 saturated heterocycles. The number of hydrogen-bond donors (Lipinski definition) is 2. The van der Waals surface area contributed by atoms with Crippen LogP contribution < -0.4 is 16.0 Å². The predicted molar refractivity (Wildman–Crippen MR) is 60.3 cm³/mol. The van der Waals surface area contributed by atoms with Crippen molar-refractivity contribution in [3.05, 3.63) is 0 Å². The minimum Gasteiger partial charge on any atom is -0.377 e.